The molecule has 0 radical (unpaired) electrons. The largest absolute Gasteiger partial charge is 0.489 e. The molecule has 1 atom stereocenters. The molecule has 4 heteroatoms. The molecule has 1 rings (SSSR count). The van der Waals surface area contributed by atoms with Crippen molar-refractivity contribution in [1.82, 2.24) is 5.32 Å². The molecule has 1 unspecified atom stereocenters. The van der Waals surface area contributed by atoms with E-state index in [1.54, 1.807) is 6.07 Å². The molecule has 0 aliphatic carbocycles. The molecular weight excluding hydrogens is 241 g/mol. The highest BCUT2D eigenvalue weighted by molar-refractivity contribution is 6.30. The summed E-state index contributed by atoms with van der Waals surface area (Å²) in [6.45, 7) is 5.89. The molecular formula is C13H19ClFNO. The quantitative estimate of drug-likeness (QED) is 0.755. The number of nitrogens with one attached hydrogen (secondary N) is 1. The van der Waals surface area contributed by atoms with E-state index in [4.69, 9.17) is 16.3 Å². The first-order valence-electron chi connectivity index (χ1n) is 5.96. The third kappa shape index (κ3) is 5.37. The summed E-state index contributed by atoms with van der Waals surface area (Å²) in [5.74, 6) is 0.175. The van der Waals surface area contributed by atoms with E-state index in [-0.39, 0.29) is 11.1 Å². The van der Waals surface area contributed by atoms with Gasteiger partial charge in [-0.1, -0.05) is 24.9 Å². The predicted octanol–water partition coefficient (Wildman–Crippen LogP) is 3.64. The fraction of sp³-hybridized carbons (Fsp3) is 0.538. The monoisotopic (exact) mass is 259 g/mol. The van der Waals surface area contributed by atoms with E-state index < -0.39 is 5.82 Å². The first-order chi connectivity index (χ1) is 8.13. The van der Waals surface area contributed by atoms with Crippen molar-refractivity contribution in [2.24, 2.45) is 0 Å². The highest BCUT2D eigenvalue weighted by atomic mass is 35.5. The van der Waals surface area contributed by atoms with Gasteiger partial charge in [-0.3, -0.25) is 0 Å². The molecule has 0 saturated heterocycles. The molecule has 0 fully saturated rings. The van der Waals surface area contributed by atoms with Gasteiger partial charge in [0.2, 0.25) is 0 Å². The molecule has 0 spiro atoms. The summed E-state index contributed by atoms with van der Waals surface area (Å²) in [5, 5.41) is 3.39. The SMILES string of the molecule is CCCCNCC(C)Oc1ccc(F)c(Cl)c1. The van der Waals surface area contributed by atoms with E-state index in [1.807, 2.05) is 6.92 Å². The maximum atomic E-state index is 12.9. The summed E-state index contributed by atoms with van der Waals surface area (Å²) in [6, 6.07) is 4.40. The van der Waals surface area contributed by atoms with Crippen LogP contribution in [0.4, 0.5) is 4.39 Å². The van der Waals surface area contributed by atoms with Gasteiger partial charge in [0.25, 0.3) is 0 Å². The van der Waals surface area contributed by atoms with Gasteiger partial charge < -0.3 is 10.1 Å². The molecule has 0 aromatic heterocycles. The Labute approximate surface area is 107 Å². The molecule has 1 N–H and O–H groups in total. The van der Waals surface area contributed by atoms with E-state index in [9.17, 15) is 4.39 Å². The van der Waals surface area contributed by atoms with Gasteiger partial charge in [-0.05, 0) is 32.0 Å². The molecule has 0 bridgehead atoms. The lowest BCUT2D eigenvalue weighted by molar-refractivity contribution is 0.217. The first-order valence-corrected chi connectivity index (χ1v) is 6.33. The zero-order valence-electron chi connectivity index (χ0n) is 10.3. The molecule has 0 heterocycles. The van der Waals surface area contributed by atoms with Crippen molar-refractivity contribution >= 4 is 11.6 Å². The fourth-order valence-electron chi connectivity index (χ4n) is 1.43. The normalized spacial score (nSPS) is 12.5. The minimum Gasteiger partial charge on any atom is -0.489 e. The van der Waals surface area contributed by atoms with Crippen LogP contribution in [0.15, 0.2) is 18.2 Å². The van der Waals surface area contributed by atoms with Gasteiger partial charge in [0, 0.05) is 12.6 Å². The number of hydrogen-bond donors (Lipinski definition) is 1. The molecule has 0 aliphatic heterocycles. The maximum absolute atomic E-state index is 12.9. The van der Waals surface area contributed by atoms with Crippen LogP contribution >= 0.6 is 11.6 Å². The van der Waals surface area contributed by atoms with Crippen molar-refractivity contribution in [3.8, 4) is 5.75 Å². The zero-order valence-corrected chi connectivity index (χ0v) is 11.1. The topological polar surface area (TPSA) is 21.3 Å². The Bertz CT molecular complexity index is 346. The Hall–Kier alpha value is -0.800. The van der Waals surface area contributed by atoms with Gasteiger partial charge in [0.1, 0.15) is 17.7 Å². The van der Waals surface area contributed by atoms with E-state index in [1.165, 1.54) is 18.6 Å². The summed E-state index contributed by atoms with van der Waals surface area (Å²) in [6.07, 6.45) is 2.37. The molecule has 96 valence electrons. The maximum Gasteiger partial charge on any atom is 0.142 e. The van der Waals surface area contributed by atoms with Crippen molar-refractivity contribution in [2.45, 2.75) is 32.8 Å². The van der Waals surface area contributed by atoms with E-state index in [0.29, 0.717) is 5.75 Å². The van der Waals surface area contributed by atoms with Crippen LogP contribution in [0, 0.1) is 5.82 Å². The van der Waals surface area contributed by atoms with E-state index in [0.717, 1.165) is 19.5 Å². The Morgan fingerprint density at radius 2 is 2.24 bits per heavy atom. The van der Waals surface area contributed by atoms with E-state index >= 15 is 0 Å². The van der Waals surface area contributed by atoms with Crippen LogP contribution in [0.5, 0.6) is 5.75 Å². The number of benzene rings is 1. The van der Waals surface area contributed by atoms with Crippen LogP contribution in [0.25, 0.3) is 0 Å². The number of ether oxygens (including phenoxy) is 1. The molecule has 0 aliphatic rings. The second kappa shape index (κ2) is 7.51. The fourth-order valence-corrected chi connectivity index (χ4v) is 1.60. The van der Waals surface area contributed by atoms with Crippen LogP contribution in [0.2, 0.25) is 5.02 Å². The Morgan fingerprint density at radius 1 is 1.47 bits per heavy atom. The highest BCUT2D eigenvalue weighted by Crippen LogP contribution is 2.21. The van der Waals surface area contributed by atoms with Crippen molar-refractivity contribution in [3.63, 3.8) is 0 Å². The molecule has 1 aromatic carbocycles. The van der Waals surface area contributed by atoms with Crippen LogP contribution in [-0.4, -0.2) is 19.2 Å². The molecule has 0 saturated carbocycles. The summed E-state index contributed by atoms with van der Waals surface area (Å²) in [4.78, 5) is 0. The van der Waals surface area contributed by atoms with Gasteiger partial charge in [0.05, 0.1) is 5.02 Å². The van der Waals surface area contributed by atoms with Crippen LogP contribution in [-0.2, 0) is 0 Å². The van der Waals surface area contributed by atoms with Gasteiger partial charge in [-0.15, -0.1) is 0 Å². The lowest BCUT2D eigenvalue weighted by Gasteiger charge is -2.15. The standard InChI is InChI=1S/C13H19ClFNO/c1-3-4-7-16-9-10(2)17-11-5-6-13(15)12(14)8-11/h5-6,8,10,16H,3-4,7,9H2,1-2H3. The number of unbranched alkanes of at least 4 members (excludes halogenated alkanes) is 1. The highest BCUT2D eigenvalue weighted by Gasteiger charge is 2.06. The van der Waals surface area contributed by atoms with E-state index in [2.05, 4.69) is 12.2 Å². The smallest absolute Gasteiger partial charge is 0.142 e. The lowest BCUT2D eigenvalue weighted by atomic mass is 10.3. The third-order valence-electron chi connectivity index (χ3n) is 2.37. The van der Waals surface area contributed by atoms with Crippen LogP contribution in [0.3, 0.4) is 0 Å². The predicted molar refractivity (Wildman–Crippen MR) is 69.3 cm³/mol. The lowest BCUT2D eigenvalue weighted by Crippen LogP contribution is -2.29. The van der Waals surface area contributed by atoms with Crippen molar-refractivity contribution in [1.29, 1.82) is 0 Å². The summed E-state index contributed by atoms with van der Waals surface area (Å²) < 4.78 is 18.5. The Kier molecular flexibility index (Phi) is 6.30. The Morgan fingerprint density at radius 3 is 2.88 bits per heavy atom. The number of rotatable bonds is 7. The van der Waals surface area contributed by atoms with Crippen LogP contribution in [0.1, 0.15) is 26.7 Å². The number of halogens is 2. The Balaban J connectivity index is 2.34. The second-order valence-corrected chi connectivity index (χ2v) is 4.47. The van der Waals surface area contributed by atoms with Gasteiger partial charge >= 0.3 is 0 Å². The summed E-state index contributed by atoms with van der Waals surface area (Å²) in [5.41, 5.74) is 0. The molecule has 17 heavy (non-hydrogen) atoms. The second-order valence-electron chi connectivity index (χ2n) is 4.06. The van der Waals surface area contributed by atoms with Crippen molar-refractivity contribution in [3.05, 3.63) is 29.0 Å². The average Bonchev–Trinajstić information content (AvgIpc) is 2.30. The van der Waals surface area contributed by atoms with Gasteiger partial charge in [-0.2, -0.15) is 0 Å². The molecule has 2 nitrogen and oxygen atoms in total. The average molecular weight is 260 g/mol. The number of hydrogen-bond acceptors (Lipinski definition) is 2. The zero-order chi connectivity index (χ0) is 12.7. The van der Waals surface area contributed by atoms with Gasteiger partial charge in [0.15, 0.2) is 0 Å². The summed E-state index contributed by atoms with van der Waals surface area (Å²) >= 11 is 5.67. The van der Waals surface area contributed by atoms with Crippen LogP contribution < -0.4 is 10.1 Å². The van der Waals surface area contributed by atoms with Crippen molar-refractivity contribution in [2.75, 3.05) is 13.1 Å². The minimum absolute atomic E-state index is 0.0355. The molecule has 0 amide bonds. The summed E-state index contributed by atoms with van der Waals surface area (Å²) in [7, 11) is 0. The van der Waals surface area contributed by atoms with Crippen molar-refractivity contribution < 1.29 is 9.13 Å². The third-order valence-corrected chi connectivity index (χ3v) is 2.66. The minimum atomic E-state index is -0.423. The molecule has 1 aromatic rings. The van der Waals surface area contributed by atoms with Gasteiger partial charge in [-0.25, -0.2) is 4.39 Å². The first kappa shape index (κ1) is 14.3.